The number of hydrogen-bond acceptors (Lipinski definition) is 2. The maximum absolute atomic E-state index is 5.99. The molecule has 84 valence electrons. The molecule has 0 fully saturated rings. The van der Waals surface area contributed by atoms with Gasteiger partial charge >= 0.3 is 0 Å². The van der Waals surface area contributed by atoms with Crippen LogP contribution in [0.25, 0.3) is 17.0 Å². The lowest BCUT2D eigenvalue weighted by atomic mass is 10.3. The van der Waals surface area contributed by atoms with Crippen LogP contribution in [0.1, 0.15) is 0 Å². The third kappa shape index (κ3) is 1.94. The van der Waals surface area contributed by atoms with Crippen LogP contribution >= 0.6 is 27.5 Å². The van der Waals surface area contributed by atoms with E-state index in [2.05, 4.69) is 25.9 Å². The third-order valence-electron chi connectivity index (χ3n) is 2.45. The van der Waals surface area contributed by atoms with Crippen molar-refractivity contribution in [3.8, 4) is 11.4 Å². The van der Waals surface area contributed by atoms with Crippen molar-refractivity contribution >= 4 is 33.2 Å². The van der Waals surface area contributed by atoms with Crippen LogP contribution in [0.15, 0.2) is 47.3 Å². The Bertz CT molecular complexity index is 693. The largest absolute Gasteiger partial charge is 0.297 e. The second-order valence-electron chi connectivity index (χ2n) is 3.56. The van der Waals surface area contributed by atoms with Crippen molar-refractivity contribution in [3.63, 3.8) is 0 Å². The van der Waals surface area contributed by atoms with E-state index in [-0.39, 0.29) is 0 Å². The van der Waals surface area contributed by atoms with Gasteiger partial charge in [-0.25, -0.2) is 9.97 Å². The number of rotatable bonds is 1. The average molecular weight is 309 g/mol. The van der Waals surface area contributed by atoms with Gasteiger partial charge in [-0.05, 0) is 40.2 Å². The van der Waals surface area contributed by atoms with Gasteiger partial charge in [-0.3, -0.25) is 4.40 Å². The van der Waals surface area contributed by atoms with Crippen molar-refractivity contribution in [2.45, 2.75) is 0 Å². The molecule has 5 heteroatoms. The molecule has 0 unspecified atom stereocenters. The zero-order chi connectivity index (χ0) is 11.8. The van der Waals surface area contributed by atoms with Crippen molar-refractivity contribution in [3.05, 3.63) is 52.4 Å². The smallest absolute Gasteiger partial charge is 0.137 e. The Morgan fingerprint density at radius 3 is 2.88 bits per heavy atom. The monoisotopic (exact) mass is 307 g/mol. The lowest BCUT2D eigenvalue weighted by Gasteiger charge is -2.02. The van der Waals surface area contributed by atoms with Gasteiger partial charge in [-0.1, -0.05) is 17.7 Å². The highest BCUT2D eigenvalue weighted by molar-refractivity contribution is 9.10. The van der Waals surface area contributed by atoms with Crippen LogP contribution in [-0.2, 0) is 0 Å². The first-order valence-corrected chi connectivity index (χ1v) is 6.17. The fourth-order valence-corrected chi connectivity index (χ4v) is 2.20. The predicted molar refractivity (Wildman–Crippen MR) is 71.1 cm³/mol. The topological polar surface area (TPSA) is 30.2 Å². The van der Waals surface area contributed by atoms with Gasteiger partial charge in [0.15, 0.2) is 0 Å². The highest BCUT2D eigenvalue weighted by atomic mass is 79.9. The molecule has 0 N–H and O–H groups in total. The molecule has 0 aliphatic rings. The summed E-state index contributed by atoms with van der Waals surface area (Å²) in [5.74, 6) is 0. The van der Waals surface area contributed by atoms with E-state index in [0.717, 1.165) is 21.6 Å². The van der Waals surface area contributed by atoms with Crippen molar-refractivity contribution in [1.82, 2.24) is 14.4 Å². The lowest BCUT2D eigenvalue weighted by Crippen LogP contribution is -1.90. The van der Waals surface area contributed by atoms with Crippen molar-refractivity contribution in [1.29, 1.82) is 0 Å². The summed E-state index contributed by atoms with van der Waals surface area (Å²) in [5.41, 5.74) is 2.63. The first-order chi connectivity index (χ1) is 8.24. The van der Waals surface area contributed by atoms with Gasteiger partial charge in [-0.15, -0.1) is 0 Å². The van der Waals surface area contributed by atoms with Crippen LogP contribution < -0.4 is 0 Å². The lowest BCUT2D eigenvalue weighted by molar-refractivity contribution is 1.16. The molecule has 3 nitrogen and oxygen atoms in total. The van der Waals surface area contributed by atoms with Crippen LogP contribution in [0.4, 0.5) is 0 Å². The van der Waals surface area contributed by atoms with Gasteiger partial charge in [0.1, 0.15) is 10.3 Å². The summed E-state index contributed by atoms with van der Waals surface area (Å²) in [6.45, 7) is 0. The summed E-state index contributed by atoms with van der Waals surface area (Å²) in [5, 5.41) is 0.673. The highest BCUT2D eigenvalue weighted by Gasteiger charge is 2.07. The van der Waals surface area contributed by atoms with Gasteiger partial charge in [0, 0.05) is 6.20 Å². The SMILES string of the molecule is Clc1ccc2ncc(-c3cccc(Br)n3)n2c1. The number of nitrogens with zero attached hydrogens (tertiary/aromatic N) is 3. The summed E-state index contributed by atoms with van der Waals surface area (Å²) in [4.78, 5) is 8.72. The number of pyridine rings is 2. The Balaban J connectivity index is 2.27. The molecule has 0 spiro atoms. The van der Waals surface area contributed by atoms with Crippen molar-refractivity contribution in [2.75, 3.05) is 0 Å². The summed E-state index contributed by atoms with van der Waals surface area (Å²) >= 11 is 9.35. The highest BCUT2D eigenvalue weighted by Crippen LogP contribution is 2.22. The third-order valence-corrected chi connectivity index (χ3v) is 3.11. The Kier molecular flexibility index (Phi) is 2.61. The van der Waals surface area contributed by atoms with Gasteiger partial charge in [-0.2, -0.15) is 0 Å². The maximum atomic E-state index is 5.99. The van der Waals surface area contributed by atoms with E-state index in [9.17, 15) is 0 Å². The molecular formula is C12H7BrClN3. The molecule has 0 aliphatic heterocycles. The van der Waals surface area contributed by atoms with Gasteiger partial charge < -0.3 is 0 Å². The normalized spacial score (nSPS) is 10.9. The number of fused-ring (bicyclic) bond motifs is 1. The summed E-state index contributed by atoms with van der Waals surface area (Å²) in [6, 6.07) is 9.47. The zero-order valence-corrected chi connectivity index (χ0v) is 11.0. The zero-order valence-electron chi connectivity index (χ0n) is 8.64. The molecule has 0 radical (unpaired) electrons. The summed E-state index contributed by atoms with van der Waals surface area (Å²) in [7, 11) is 0. The Labute approximate surface area is 111 Å². The van der Waals surface area contributed by atoms with E-state index in [1.165, 1.54) is 0 Å². The Morgan fingerprint density at radius 2 is 2.06 bits per heavy atom. The molecule has 0 amide bonds. The second-order valence-corrected chi connectivity index (χ2v) is 4.81. The standard InChI is InChI=1S/C12H7BrClN3/c13-11-3-1-2-9(16-11)10-6-15-12-5-4-8(14)7-17(10)12/h1-7H. The molecule has 0 atom stereocenters. The van der Waals surface area contributed by atoms with E-state index < -0.39 is 0 Å². The molecule has 3 rings (SSSR count). The second kappa shape index (κ2) is 4.13. The fraction of sp³-hybridized carbons (Fsp3) is 0. The average Bonchev–Trinajstić information content (AvgIpc) is 2.71. The molecule has 0 aliphatic carbocycles. The van der Waals surface area contributed by atoms with Crippen molar-refractivity contribution < 1.29 is 0 Å². The first kappa shape index (κ1) is 10.7. The molecule has 0 aromatic carbocycles. The van der Waals surface area contributed by atoms with Gasteiger partial charge in [0.05, 0.1) is 22.6 Å². The number of hydrogen-bond donors (Lipinski definition) is 0. The molecular weight excluding hydrogens is 302 g/mol. The quantitative estimate of drug-likeness (QED) is 0.640. The minimum Gasteiger partial charge on any atom is -0.297 e. The molecule has 3 aromatic heterocycles. The van der Waals surface area contributed by atoms with Crippen LogP contribution in [0, 0.1) is 0 Å². The van der Waals surface area contributed by atoms with Crippen LogP contribution in [0.5, 0.6) is 0 Å². The van der Waals surface area contributed by atoms with Gasteiger partial charge in [0.25, 0.3) is 0 Å². The van der Waals surface area contributed by atoms with E-state index in [1.807, 2.05) is 40.9 Å². The molecule has 17 heavy (non-hydrogen) atoms. The van der Waals surface area contributed by atoms with E-state index in [4.69, 9.17) is 11.6 Å². The summed E-state index contributed by atoms with van der Waals surface area (Å²) < 4.78 is 2.73. The van der Waals surface area contributed by atoms with Crippen molar-refractivity contribution in [2.24, 2.45) is 0 Å². The number of aromatic nitrogens is 3. The first-order valence-electron chi connectivity index (χ1n) is 4.99. The molecule has 0 bridgehead atoms. The molecule has 0 saturated carbocycles. The van der Waals surface area contributed by atoms with Gasteiger partial charge in [0.2, 0.25) is 0 Å². The number of imidazole rings is 1. The van der Waals surface area contributed by atoms with E-state index in [0.29, 0.717) is 5.02 Å². The minimum absolute atomic E-state index is 0.673. The number of halogens is 2. The maximum Gasteiger partial charge on any atom is 0.137 e. The van der Waals surface area contributed by atoms with E-state index >= 15 is 0 Å². The fourth-order valence-electron chi connectivity index (χ4n) is 1.70. The van der Waals surface area contributed by atoms with Crippen LogP contribution in [0.3, 0.4) is 0 Å². The minimum atomic E-state index is 0.673. The Hall–Kier alpha value is -1.39. The Morgan fingerprint density at radius 1 is 1.18 bits per heavy atom. The molecule has 3 heterocycles. The predicted octanol–water partition coefficient (Wildman–Crippen LogP) is 3.81. The summed E-state index contributed by atoms with van der Waals surface area (Å²) in [6.07, 6.45) is 3.63. The molecule has 0 saturated heterocycles. The van der Waals surface area contributed by atoms with E-state index in [1.54, 1.807) is 6.20 Å². The molecule has 3 aromatic rings. The van der Waals surface area contributed by atoms with Crippen LogP contribution in [0.2, 0.25) is 5.02 Å². The van der Waals surface area contributed by atoms with Crippen LogP contribution in [-0.4, -0.2) is 14.4 Å².